The number of nitrogens with zero attached hydrogens (tertiary/aromatic N) is 4. The van der Waals surface area contributed by atoms with E-state index in [1.165, 1.54) is 16.9 Å². The van der Waals surface area contributed by atoms with Crippen molar-refractivity contribution >= 4 is 24.0 Å². The van der Waals surface area contributed by atoms with E-state index in [-0.39, 0.29) is 5.91 Å². The third kappa shape index (κ3) is 3.43. The summed E-state index contributed by atoms with van der Waals surface area (Å²) in [5.41, 5.74) is 2.96. The van der Waals surface area contributed by atoms with Gasteiger partial charge in [-0.25, -0.2) is 15.0 Å². The monoisotopic (exact) mass is 324 g/mol. The summed E-state index contributed by atoms with van der Waals surface area (Å²) in [7, 11) is 0. The lowest BCUT2D eigenvalue weighted by Crippen LogP contribution is -1.98. The van der Waals surface area contributed by atoms with E-state index in [4.69, 9.17) is 0 Å². The van der Waals surface area contributed by atoms with Gasteiger partial charge < -0.3 is 4.57 Å². The van der Waals surface area contributed by atoms with Crippen molar-refractivity contribution in [1.82, 2.24) is 14.5 Å². The lowest BCUT2D eigenvalue weighted by atomic mass is 10.1. The maximum atomic E-state index is 11.7. The molecule has 0 aliphatic carbocycles. The van der Waals surface area contributed by atoms with E-state index in [2.05, 4.69) is 38.4 Å². The number of hydrogen-bond donors (Lipinski definition) is 0. The second-order valence-electron chi connectivity index (χ2n) is 5.14. The van der Waals surface area contributed by atoms with Crippen molar-refractivity contribution in [3.05, 3.63) is 59.1 Å². The third-order valence-electron chi connectivity index (χ3n) is 3.55. The van der Waals surface area contributed by atoms with Crippen LogP contribution in [0.3, 0.4) is 0 Å². The summed E-state index contributed by atoms with van der Waals surface area (Å²) in [5, 5.41) is 0.829. The first-order valence-electron chi connectivity index (χ1n) is 7.21. The molecule has 23 heavy (non-hydrogen) atoms. The molecule has 0 aliphatic heterocycles. The van der Waals surface area contributed by atoms with Gasteiger partial charge in [-0.3, -0.25) is 4.79 Å². The number of carbonyl (C=O) groups excluding carboxylic acids is 1. The number of hydrogen-bond acceptors (Lipinski definition) is 4. The molecule has 0 unspecified atom stereocenters. The molecule has 0 radical (unpaired) electrons. The molecular weight excluding hydrogens is 308 g/mol. The molecule has 0 spiro atoms. The zero-order chi connectivity index (χ0) is 16.2. The fourth-order valence-electron chi connectivity index (χ4n) is 2.28. The van der Waals surface area contributed by atoms with Crippen molar-refractivity contribution < 1.29 is 4.79 Å². The van der Waals surface area contributed by atoms with Gasteiger partial charge in [0.1, 0.15) is 9.88 Å². The number of aliphatic imine (C=N–C) groups is 1. The lowest BCUT2D eigenvalue weighted by Gasteiger charge is -2.03. The van der Waals surface area contributed by atoms with Crippen LogP contribution in [0.5, 0.6) is 0 Å². The number of rotatable bonds is 5. The SMILES string of the molecule is C=NC(=O)c1sc(-c2ccc(CCn3ccnc3)cc2)nc1C. The first-order valence-corrected chi connectivity index (χ1v) is 8.02. The molecule has 2 aromatic heterocycles. The van der Waals surface area contributed by atoms with Crippen LogP contribution in [0, 0.1) is 6.92 Å². The maximum Gasteiger partial charge on any atom is 0.288 e. The van der Waals surface area contributed by atoms with Gasteiger partial charge in [-0.1, -0.05) is 24.3 Å². The molecule has 0 fully saturated rings. The Morgan fingerprint density at radius 1 is 1.35 bits per heavy atom. The molecule has 0 N–H and O–H groups in total. The van der Waals surface area contributed by atoms with Crippen LogP contribution >= 0.6 is 11.3 Å². The van der Waals surface area contributed by atoms with E-state index < -0.39 is 0 Å². The van der Waals surface area contributed by atoms with Crippen molar-refractivity contribution in [1.29, 1.82) is 0 Å². The van der Waals surface area contributed by atoms with E-state index in [1.807, 2.05) is 31.6 Å². The second-order valence-corrected chi connectivity index (χ2v) is 6.14. The molecule has 0 atom stereocenters. The highest BCUT2D eigenvalue weighted by molar-refractivity contribution is 7.17. The van der Waals surface area contributed by atoms with Crippen LogP contribution in [0.15, 0.2) is 48.0 Å². The summed E-state index contributed by atoms with van der Waals surface area (Å²) in [6.07, 6.45) is 6.50. The fourth-order valence-corrected chi connectivity index (χ4v) is 3.26. The highest BCUT2D eigenvalue weighted by Gasteiger charge is 2.14. The third-order valence-corrected chi connectivity index (χ3v) is 4.75. The van der Waals surface area contributed by atoms with E-state index >= 15 is 0 Å². The first kappa shape index (κ1) is 15.3. The highest BCUT2D eigenvalue weighted by atomic mass is 32.1. The Hall–Kier alpha value is -2.60. The van der Waals surface area contributed by atoms with E-state index in [9.17, 15) is 4.79 Å². The Balaban J connectivity index is 1.74. The summed E-state index contributed by atoms with van der Waals surface area (Å²) < 4.78 is 2.05. The first-order chi connectivity index (χ1) is 11.2. The highest BCUT2D eigenvalue weighted by Crippen LogP contribution is 2.28. The van der Waals surface area contributed by atoms with Gasteiger partial charge in [-0.15, -0.1) is 11.3 Å². The molecule has 1 amide bonds. The molecule has 6 heteroatoms. The second kappa shape index (κ2) is 6.66. The van der Waals surface area contributed by atoms with Crippen LogP contribution in [-0.4, -0.2) is 27.2 Å². The smallest absolute Gasteiger partial charge is 0.288 e. The quantitative estimate of drug-likeness (QED) is 0.676. The zero-order valence-corrected chi connectivity index (χ0v) is 13.6. The minimum atomic E-state index is -0.316. The predicted molar refractivity (Wildman–Crippen MR) is 92.1 cm³/mol. The maximum absolute atomic E-state index is 11.7. The molecule has 0 bridgehead atoms. The number of benzene rings is 1. The van der Waals surface area contributed by atoms with E-state index in [1.54, 1.807) is 6.20 Å². The number of amides is 1. The standard InChI is InChI=1S/C17H16N4OS/c1-12-15(16(22)18-2)23-17(20-12)14-5-3-13(4-6-14)7-9-21-10-8-19-11-21/h3-6,8,10-11H,2,7,9H2,1H3. The molecule has 116 valence electrons. The van der Waals surface area contributed by atoms with Crippen LogP contribution in [0.1, 0.15) is 20.9 Å². The van der Waals surface area contributed by atoms with Gasteiger partial charge in [0.2, 0.25) is 0 Å². The van der Waals surface area contributed by atoms with Crippen LogP contribution in [0.2, 0.25) is 0 Å². The minimum absolute atomic E-state index is 0.316. The molecular formula is C17H16N4OS. The lowest BCUT2D eigenvalue weighted by molar-refractivity contribution is 0.101. The van der Waals surface area contributed by atoms with Crippen LogP contribution < -0.4 is 0 Å². The minimum Gasteiger partial charge on any atom is -0.337 e. The fraction of sp³-hybridized carbons (Fsp3) is 0.176. The molecule has 0 saturated carbocycles. The zero-order valence-electron chi connectivity index (χ0n) is 12.8. The molecule has 1 aromatic carbocycles. The normalized spacial score (nSPS) is 10.7. The van der Waals surface area contributed by atoms with Crippen molar-refractivity contribution in [3.8, 4) is 10.6 Å². The van der Waals surface area contributed by atoms with Gasteiger partial charge in [0.15, 0.2) is 0 Å². The Morgan fingerprint density at radius 2 is 2.13 bits per heavy atom. The summed E-state index contributed by atoms with van der Waals surface area (Å²) in [6, 6.07) is 8.26. The number of carbonyl (C=O) groups is 1. The topological polar surface area (TPSA) is 60.1 Å². The van der Waals surface area contributed by atoms with Gasteiger partial charge in [0.05, 0.1) is 12.0 Å². The Kier molecular flexibility index (Phi) is 4.43. The van der Waals surface area contributed by atoms with Gasteiger partial charge >= 0.3 is 0 Å². The number of aromatic nitrogens is 3. The van der Waals surface area contributed by atoms with Crippen molar-refractivity contribution in [3.63, 3.8) is 0 Å². The number of aryl methyl sites for hydroxylation is 3. The van der Waals surface area contributed by atoms with Crippen LogP contribution in [0.4, 0.5) is 0 Å². The summed E-state index contributed by atoms with van der Waals surface area (Å²) in [6.45, 7) is 6.01. The van der Waals surface area contributed by atoms with Crippen molar-refractivity contribution in [2.24, 2.45) is 4.99 Å². The van der Waals surface area contributed by atoms with E-state index in [0.29, 0.717) is 10.6 Å². The molecule has 3 rings (SSSR count). The largest absolute Gasteiger partial charge is 0.337 e. The van der Waals surface area contributed by atoms with Crippen molar-refractivity contribution in [2.45, 2.75) is 19.9 Å². The molecule has 0 saturated heterocycles. The average molecular weight is 324 g/mol. The summed E-state index contributed by atoms with van der Waals surface area (Å²) in [4.78, 5) is 24.2. The number of imidazole rings is 1. The predicted octanol–water partition coefficient (Wildman–Crippen LogP) is 3.40. The van der Waals surface area contributed by atoms with E-state index in [0.717, 1.165) is 23.5 Å². The number of thiazole rings is 1. The average Bonchev–Trinajstić information content (AvgIpc) is 3.22. The molecule has 5 nitrogen and oxygen atoms in total. The van der Waals surface area contributed by atoms with Gasteiger partial charge in [-0.2, -0.15) is 0 Å². The van der Waals surface area contributed by atoms with Gasteiger partial charge in [-0.05, 0) is 25.6 Å². The Morgan fingerprint density at radius 3 is 2.78 bits per heavy atom. The van der Waals surface area contributed by atoms with Gasteiger partial charge in [0, 0.05) is 24.5 Å². The summed E-state index contributed by atoms with van der Waals surface area (Å²) >= 11 is 1.36. The molecule has 2 heterocycles. The van der Waals surface area contributed by atoms with Gasteiger partial charge in [0.25, 0.3) is 5.91 Å². The Bertz CT molecular complexity index is 819. The van der Waals surface area contributed by atoms with Crippen LogP contribution in [0.25, 0.3) is 10.6 Å². The molecule has 0 aliphatic rings. The van der Waals surface area contributed by atoms with Crippen molar-refractivity contribution in [2.75, 3.05) is 0 Å². The molecule has 3 aromatic rings. The summed E-state index contributed by atoms with van der Waals surface area (Å²) in [5.74, 6) is -0.316. The van der Waals surface area contributed by atoms with Crippen LogP contribution in [-0.2, 0) is 13.0 Å². The Labute approximate surface area is 138 Å².